The number of benzene rings is 1. The summed E-state index contributed by atoms with van der Waals surface area (Å²) in [6, 6.07) is 4.83. The number of piperazine rings is 1. The molecule has 1 aliphatic rings. The van der Waals surface area contributed by atoms with Gasteiger partial charge in [0, 0.05) is 51.1 Å². The molecule has 5 heteroatoms. The second kappa shape index (κ2) is 6.56. The van der Waals surface area contributed by atoms with Crippen molar-refractivity contribution in [2.75, 3.05) is 51.4 Å². The third-order valence-electron chi connectivity index (χ3n) is 2.89. The van der Waals surface area contributed by atoms with Gasteiger partial charge in [0.2, 0.25) is 0 Å². The number of rotatable bonds is 5. The molecule has 1 heterocycles. The molecule has 1 saturated heterocycles. The highest BCUT2D eigenvalue weighted by Gasteiger charge is 2.12. The zero-order valence-corrected chi connectivity index (χ0v) is 10.6. The maximum atomic E-state index is 13.5. The predicted molar refractivity (Wildman–Crippen MR) is 68.9 cm³/mol. The van der Waals surface area contributed by atoms with Gasteiger partial charge in [-0.15, -0.1) is 0 Å². The molecule has 1 N–H and O–H groups in total. The summed E-state index contributed by atoms with van der Waals surface area (Å²) < 4.78 is 23.9. The summed E-state index contributed by atoms with van der Waals surface area (Å²) in [5.41, 5.74) is 0.879. The predicted octanol–water partition coefficient (Wildman–Crippen LogP) is 1.26. The number of anilines is 1. The molecule has 100 valence electrons. The number of methoxy groups -OCH3 is 1. The van der Waals surface area contributed by atoms with Gasteiger partial charge in [-0.05, 0) is 6.07 Å². The third-order valence-corrected chi connectivity index (χ3v) is 2.89. The monoisotopic (exact) mass is 254 g/mol. The van der Waals surface area contributed by atoms with Gasteiger partial charge in [0.1, 0.15) is 18.2 Å². The van der Waals surface area contributed by atoms with Crippen LogP contribution in [0.5, 0.6) is 5.75 Å². The molecule has 18 heavy (non-hydrogen) atoms. The zero-order valence-electron chi connectivity index (χ0n) is 10.6. The Kier molecular flexibility index (Phi) is 4.78. The minimum absolute atomic E-state index is 0.265. The fourth-order valence-electron chi connectivity index (χ4n) is 1.98. The van der Waals surface area contributed by atoms with E-state index in [1.165, 1.54) is 6.07 Å². The molecule has 1 fully saturated rings. The first kappa shape index (κ1) is 13.1. The summed E-state index contributed by atoms with van der Waals surface area (Å²) in [6.45, 7) is 4.56. The van der Waals surface area contributed by atoms with Gasteiger partial charge in [0.05, 0.1) is 6.61 Å². The van der Waals surface area contributed by atoms with Crippen LogP contribution in [-0.2, 0) is 4.74 Å². The fraction of sp³-hybridized carbons (Fsp3) is 0.538. The van der Waals surface area contributed by atoms with E-state index < -0.39 is 0 Å². The smallest absolute Gasteiger partial charge is 0.128 e. The molecule has 0 radical (unpaired) electrons. The van der Waals surface area contributed by atoms with Crippen LogP contribution in [0.1, 0.15) is 0 Å². The molecule has 4 nitrogen and oxygen atoms in total. The van der Waals surface area contributed by atoms with Gasteiger partial charge in [-0.25, -0.2) is 4.39 Å². The topological polar surface area (TPSA) is 33.7 Å². The summed E-state index contributed by atoms with van der Waals surface area (Å²) in [5.74, 6) is 0.291. The lowest BCUT2D eigenvalue weighted by atomic mass is 10.2. The van der Waals surface area contributed by atoms with E-state index in [-0.39, 0.29) is 5.82 Å². The van der Waals surface area contributed by atoms with Crippen LogP contribution in [0.3, 0.4) is 0 Å². The lowest BCUT2D eigenvalue weighted by molar-refractivity contribution is 0.146. The average molecular weight is 254 g/mol. The zero-order chi connectivity index (χ0) is 12.8. The Morgan fingerprint density at radius 3 is 2.72 bits per heavy atom. The lowest BCUT2D eigenvalue weighted by Gasteiger charge is -2.29. The fourth-order valence-corrected chi connectivity index (χ4v) is 1.98. The first-order valence-corrected chi connectivity index (χ1v) is 6.17. The number of nitrogens with zero attached hydrogens (tertiary/aromatic N) is 1. The summed E-state index contributed by atoms with van der Waals surface area (Å²) in [7, 11) is 1.61. The summed E-state index contributed by atoms with van der Waals surface area (Å²) >= 11 is 0. The van der Waals surface area contributed by atoms with Crippen molar-refractivity contribution >= 4 is 5.69 Å². The molecule has 0 aliphatic carbocycles. The molecule has 0 saturated carbocycles. The standard InChI is InChI=1S/C13H19FN2O2/c1-17-6-7-18-13-9-11(14)8-12(10-13)16-4-2-15-3-5-16/h8-10,15H,2-7H2,1H3. The van der Waals surface area contributed by atoms with Crippen LogP contribution < -0.4 is 15.0 Å². The van der Waals surface area contributed by atoms with Crippen molar-refractivity contribution in [2.45, 2.75) is 0 Å². The van der Waals surface area contributed by atoms with E-state index in [0.29, 0.717) is 19.0 Å². The molecule has 0 atom stereocenters. The molecule has 1 aliphatic heterocycles. The summed E-state index contributed by atoms with van der Waals surface area (Å²) in [5, 5.41) is 3.27. The van der Waals surface area contributed by atoms with Gasteiger partial charge in [0.25, 0.3) is 0 Å². The van der Waals surface area contributed by atoms with Gasteiger partial charge in [-0.2, -0.15) is 0 Å². The number of ether oxygens (including phenoxy) is 2. The van der Waals surface area contributed by atoms with Crippen molar-refractivity contribution < 1.29 is 13.9 Å². The Morgan fingerprint density at radius 1 is 1.22 bits per heavy atom. The molecule has 0 bridgehead atoms. The lowest BCUT2D eigenvalue weighted by Crippen LogP contribution is -2.43. The Hall–Kier alpha value is -1.33. The summed E-state index contributed by atoms with van der Waals surface area (Å²) in [4.78, 5) is 2.16. The van der Waals surface area contributed by atoms with Gasteiger partial charge in [-0.3, -0.25) is 0 Å². The van der Waals surface area contributed by atoms with E-state index in [9.17, 15) is 4.39 Å². The largest absolute Gasteiger partial charge is 0.491 e. The van der Waals surface area contributed by atoms with Crippen molar-refractivity contribution in [3.8, 4) is 5.75 Å². The highest BCUT2D eigenvalue weighted by molar-refractivity contribution is 5.51. The molecule has 0 unspecified atom stereocenters. The Morgan fingerprint density at radius 2 is 2.00 bits per heavy atom. The van der Waals surface area contributed by atoms with E-state index in [0.717, 1.165) is 31.9 Å². The SMILES string of the molecule is COCCOc1cc(F)cc(N2CCNCC2)c1. The van der Waals surface area contributed by atoms with Crippen molar-refractivity contribution in [1.82, 2.24) is 5.32 Å². The second-order valence-corrected chi connectivity index (χ2v) is 4.22. The molecule has 2 rings (SSSR count). The van der Waals surface area contributed by atoms with Crippen LogP contribution in [-0.4, -0.2) is 46.5 Å². The van der Waals surface area contributed by atoms with Crippen LogP contribution in [0.15, 0.2) is 18.2 Å². The van der Waals surface area contributed by atoms with Crippen molar-refractivity contribution in [3.63, 3.8) is 0 Å². The number of hydrogen-bond donors (Lipinski definition) is 1. The van der Waals surface area contributed by atoms with E-state index in [1.54, 1.807) is 13.2 Å². The highest BCUT2D eigenvalue weighted by atomic mass is 19.1. The molecule has 0 spiro atoms. The van der Waals surface area contributed by atoms with E-state index in [1.807, 2.05) is 6.07 Å². The Bertz CT molecular complexity index is 381. The molecular formula is C13H19FN2O2. The van der Waals surface area contributed by atoms with Crippen LogP contribution in [0.4, 0.5) is 10.1 Å². The third kappa shape index (κ3) is 3.58. The van der Waals surface area contributed by atoms with Crippen LogP contribution in [0.25, 0.3) is 0 Å². The molecular weight excluding hydrogens is 235 g/mol. The second-order valence-electron chi connectivity index (χ2n) is 4.22. The van der Waals surface area contributed by atoms with Crippen LogP contribution in [0.2, 0.25) is 0 Å². The molecule has 0 amide bonds. The maximum Gasteiger partial charge on any atom is 0.128 e. The van der Waals surface area contributed by atoms with Crippen molar-refractivity contribution in [3.05, 3.63) is 24.0 Å². The van der Waals surface area contributed by atoms with Crippen LogP contribution in [0, 0.1) is 5.82 Å². The number of halogens is 1. The average Bonchev–Trinajstić information content (AvgIpc) is 2.39. The van der Waals surface area contributed by atoms with Crippen molar-refractivity contribution in [1.29, 1.82) is 0 Å². The van der Waals surface area contributed by atoms with Gasteiger partial charge < -0.3 is 19.7 Å². The van der Waals surface area contributed by atoms with E-state index >= 15 is 0 Å². The first-order chi connectivity index (χ1) is 8.79. The highest BCUT2D eigenvalue weighted by Crippen LogP contribution is 2.23. The van der Waals surface area contributed by atoms with Gasteiger partial charge >= 0.3 is 0 Å². The normalized spacial score (nSPS) is 15.8. The molecule has 1 aromatic rings. The number of hydrogen-bond acceptors (Lipinski definition) is 4. The Balaban J connectivity index is 2.05. The molecule has 1 aromatic carbocycles. The number of nitrogens with one attached hydrogen (secondary N) is 1. The van der Waals surface area contributed by atoms with Crippen molar-refractivity contribution in [2.24, 2.45) is 0 Å². The Labute approximate surface area is 107 Å². The van der Waals surface area contributed by atoms with Gasteiger partial charge in [-0.1, -0.05) is 0 Å². The van der Waals surface area contributed by atoms with Gasteiger partial charge in [0.15, 0.2) is 0 Å². The van der Waals surface area contributed by atoms with E-state index in [4.69, 9.17) is 9.47 Å². The first-order valence-electron chi connectivity index (χ1n) is 6.17. The maximum absolute atomic E-state index is 13.5. The minimum atomic E-state index is -0.265. The summed E-state index contributed by atoms with van der Waals surface area (Å²) in [6.07, 6.45) is 0. The minimum Gasteiger partial charge on any atom is -0.491 e. The molecule has 0 aromatic heterocycles. The quantitative estimate of drug-likeness (QED) is 0.802. The van der Waals surface area contributed by atoms with E-state index in [2.05, 4.69) is 10.2 Å². The van der Waals surface area contributed by atoms with Crippen LogP contribution >= 0.6 is 0 Å².